The number of hydrogen-bond donors (Lipinski definition) is 2. The fourth-order valence-corrected chi connectivity index (χ4v) is 2.15. The Kier molecular flexibility index (Phi) is 4.74. The molecule has 4 nitrogen and oxygen atoms in total. The molecule has 1 heterocycles. The molecule has 1 fully saturated rings. The van der Waals surface area contributed by atoms with Gasteiger partial charge in [0.05, 0.1) is 12.1 Å². The number of likely N-dealkylation sites (tertiary alicyclic amines) is 1. The van der Waals surface area contributed by atoms with Gasteiger partial charge in [0.15, 0.2) is 0 Å². The Bertz CT molecular complexity index is 237. The first-order chi connectivity index (χ1) is 7.49. The van der Waals surface area contributed by atoms with Crippen molar-refractivity contribution in [2.75, 3.05) is 19.6 Å². The first-order valence-corrected chi connectivity index (χ1v) is 6.23. The van der Waals surface area contributed by atoms with Crippen molar-refractivity contribution in [1.29, 1.82) is 0 Å². The predicted octanol–water partition coefficient (Wildman–Crippen LogP) is 0.748. The van der Waals surface area contributed by atoms with E-state index in [1.807, 2.05) is 18.7 Å². The number of nitrogens with one attached hydrogen (secondary N) is 1. The highest BCUT2D eigenvalue weighted by molar-refractivity contribution is 5.78. The Labute approximate surface area is 98.0 Å². The molecule has 1 saturated heterocycles. The summed E-state index contributed by atoms with van der Waals surface area (Å²) in [6.07, 6.45) is 2.86. The van der Waals surface area contributed by atoms with Gasteiger partial charge in [0.25, 0.3) is 0 Å². The number of amides is 1. The van der Waals surface area contributed by atoms with Crippen LogP contribution in [0.1, 0.15) is 40.0 Å². The zero-order valence-electron chi connectivity index (χ0n) is 10.6. The van der Waals surface area contributed by atoms with E-state index in [0.717, 1.165) is 19.3 Å². The van der Waals surface area contributed by atoms with Crippen LogP contribution >= 0.6 is 0 Å². The molecule has 16 heavy (non-hydrogen) atoms. The number of nitrogens with zero attached hydrogens (tertiary/aromatic N) is 1. The van der Waals surface area contributed by atoms with Gasteiger partial charge in [-0.05, 0) is 19.8 Å². The summed E-state index contributed by atoms with van der Waals surface area (Å²) in [6, 6.07) is 0.254. The van der Waals surface area contributed by atoms with Gasteiger partial charge >= 0.3 is 0 Å². The molecule has 0 bridgehead atoms. The summed E-state index contributed by atoms with van der Waals surface area (Å²) < 4.78 is 0. The Balaban J connectivity index is 2.17. The average Bonchev–Trinajstić information content (AvgIpc) is 2.15. The fraction of sp³-hybridized carbons (Fsp3) is 0.917. The molecule has 0 aromatic carbocycles. The lowest BCUT2D eigenvalue weighted by molar-refractivity contribution is -0.133. The number of rotatable bonds is 6. The van der Waals surface area contributed by atoms with E-state index in [1.54, 1.807) is 0 Å². The summed E-state index contributed by atoms with van der Waals surface area (Å²) >= 11 is 0. The molecule has 1 atom stereocenters. The van der Waals surface area contributed by atoms with Crippen LogP contribution in [0.15, 0.2) is 0 Å². The minimum atomic E-state index is -0.546. The highest BCUT2D eigenvalue weighted by atomic mass is 16.3. The molecule has 94 valence electrons. The molecular formula is C12H24N2O2. The van der Waals surface area contributed by atoms with E-state index >= 15 is 0 Å². The summed E-state index contributed by atoms with van der Waals surface area (Å²) in [7, 11) is 0. The molecule has 0 radical (unpaired) electrons. The van der Waals surface area contributed by atoms with E-state index < -0.39 is 5.60 Å². The van der Waals surface area contributed by atoms with E-state index in [-0.39, 0.29) is 11.9 Å². The minimum absolute atomic E-state index is 0.0686. The molecule has 0 spiro atoms. The van der Waals surface area contributed by atoms with E-state index in [4.69, 9.17) is 0 Å². The van der Waals surface area contributed by atoms with Crippen molar-refractivity contribution < 1.29 is 9.90 Å². The third-order valence-corrected chi connectivity index (χ3v) is 3.19. The standard InChI is InChI=1S/C12H24N2O2/c1-4-6-10(3)13-11(15)7-14-8-12(16,5-2)9-14/h10,16H,4-9H2,1-3H3,(H,13,15). The van der Waals surface area contributed by atoms with Gasteiger partial charge in [0.2, 0.25) is 5.91 Å². The summed E-state index contributed by atoms with van der Waals surface area (Å²) in [5, 5.41) is 12.8. The lowest BCUT2D eigenvalue weighted by atomic mass is 9.91. The molecule has 1 unspecified atom stereocenters. The second kappa shape index (κ2) is 5.64. The van der Waals surface area contributed by atoms with E-state index in [0.29, 0.717) is 19.6 Å². The lowest BCUT2D eigenvalue weighted by Crippen LogP contribution is -2.63. The monoisotopic (exact) mass is 228 g/mol. The second-order valence-electron chi connectivity index (χ2n) is 4.98. The van der Waals surface area contributed by atoms with Crippen LogP contribution in [-0.2, 0) is 4.79 Å². The topological polar surface area (TPSA) is 52.6 Å². The van der Waals surface area contributed by atoms with Crippen molar-refractivity contribution in [2.45, 2.75) is 51.7 Å². The first-order valence-electron chi connectivity index (χ1n) is 6.23. The van der Waals surface area contributed by atoms with Gasteiger partial charge in [0.1, 0.15) is 0 Å². The van der Waals surface area contributed by atoms with E-state index in [9.17, 15) is 9.90 Å². The molecule has 1 aliphatic heterocycles. The van der Waals surface area contributed by atoms with Gasteiger partial charge in [-0.3, -0.25) is 9.69 Å². The Morgan fingerprint density at radius 1 is 1.50 bits per heavy atom. The van der Waals surface area contributed by atoms with Crippen molar-refractivity contribution in [2.24, 2.45) is 0 Å². The van der Waals surface area contributed by atoms with Crippen LogP contribution < -0.4 is 5.32 Å². The van der Waals surface area contributed by atoms with E-state index in [2.05, 4.69) is 12.2 Å². The molecule has 4 heteroatoms. The van der Waals surface area contributed by atoms with Gasteiger partial charge in [0, 0.05) is 19.1 Å². The first kappa shape index (κ1) is 13.5. The number of carbonyl (C=O) groups excluding carboxylic acids is 1. The minimum Gasteiger partial charge on any atom is -0.387 e. The third kappa shape index (κ3) is 3.76. The third-order valence-electron chi connectivity index (χ3n) is 3.19. The van der Waals surface area contributed by atoms with Crippen molar-refractivity contribution in [3.05, 3.63) is 0 Å². The predicted molar refractivity (Wildman–Crippen MR) is 64.2 cm³/mol. The molecule has 0 aromatic heterocycles. The Morgan fingerprint density at radius 2 is 2.12 bits per heavy atom. The molecule has 1 rings (SSSR count). The number of hydrogen-bond acceptors (Lipinski definition) is 3. The maximum Gasteiger partial charge on any atom is 0.234 e. The lowest BCUT2D eigenvalue weighted by Gasteiger charge is -2.45. The van der Waals surface area contributed by atoms with Gasteiger partial charge in [-0.15, -0.1) is 0 Å². The van der Waals surface area contributed by atoms with Gasteiger partial charge < -0.3 is 10.4 Å². The molecule has 1 aliphatic rings. The SMILES string of the molecule is CCCC(C)NC(=O)CN1CC(O)(CC)C1. The zero-order valence-corrected chi connectivity index (χ0v) is 10.6. The van der Waals surface area contributed by atoms with Gasteiger partial charge in [-0.25, -0.2) is 0 Å². The van der Waals surface area contributed by atoms with Crippen molar-refractivity contribution in [3.63, 3.8) is 0 Å². The maximum atomic E-state index is 11.6. The molecule has 0 saturated carbocycles. The summed E-state index contributed by atoms with van der Waals surface area (Å²) in [4.78, 5) is 13.6. The normalized spacial score (nSPS) is 21.2. The smallest absolute Gasteiger partial charge is 0.234 e. The van der Waals surface area contributed by atoms with E-state index in [1.165, 1.54) is 0 Å². The highest BCUT2D eigenvalue weighted by Crippen LogP contribution is 2.23. The quantitative estimate of drug-likeness (QED) is 0.705. The van der Waals surface area contributed by atoms with Crippen molar-refractivity contribution in [3.8, 4) is 0 Å². The average molecular weight is 228 g/mol. The van der Waals surface area contributed by atoms with Gasteiger partial charge in [-0.1, -0.05) is 20.3 Å². The maximum absolute atomic E-state index is 11.6. The molecule has 1 amide bonds. The van der Waals surface area contributed by atoms with Crippen molar-refractivity contribution in [1.82, 2.24) is 10.2 Å². The van der Waals surface area contributed by atoms with Crippen LogP contribution in [0.5, 0.6) is 0 Å². The summed E-state index contributed by atoms with van der Waals surface area (Å²) in [5.74, 6) is 0.0686. The Morgan fingerprint density at radius 3 is 2.62 bits per heavy atom. The molecular weight excluding hydrogens is 204 g/mol. The van der Waals surface area contributed by atoms with Crippen LogP contribution in [0.4, 0.5) is 0 Å². The fourth-order valence-electron chi connectivity index (χ4n) is 2.15. The van der Waals surface area contributed by atoms with Crippen LogP contribution in [0.2, 0.25) is 0 Å². The number of β-amino-alcohol motifs (C(OH)–C–C–N with tert-alkyl or cyclic N) is 1. The van der Waals surface area contributed by atoms with Crippen LogP contribution in [-0.4, -0.2) is 47.2 Å². The Hall–Kier alpha value is -0.610. The molecule has 2 N–H and O–H groups in total. The van der Waals surface area contributed by atoms with Crippen molar-refractivity contribution >= 4 is 5.91 Å². The van der Waals surface area contributed by atoms with Crippen LogP contribution in [0.25, 0.3) is 0 Å². The number of aliphatic hydroxyl groups is 1. The van der Waals surface area contributed by atoms with Crippen LogP contribution in [0, 0.1) is 0 Å². The second-order valence-corrected chi connectivity index (χ2v) is 4.98. The van der Waals surface area contributed by atoms with Gasteiger partial charge in [-0.2, -0.15) is 0 Å². The zero-order chi connectivity index (χ0) is 12.2. The van der Waals surface area contributed by atoms with Crippen LogP contribution in [0.3, 0.4) is 0 Å². The summed E-state index contributed by atoms with van der Waals surface area (Å²) in [6.45, 7) is 7.77. The largest absolute Gasteiger partial charge is 0.387 e. The molecule has 0 aliphatic carbocycles. The molecule has 0 aromatic rings. The summed E-state index contributed by atoms with van der Waals surface area (Å²) in [5.41, 5.74) is -0.546. The highest BCUT2D eigenvalue weighted by Gasteiger charge is 2.39. The number of carbonyl (C=O) groups is 1.